The summed E-state index contributed by atoms with van der Waals surface area (Å²) >= 11 is 4.73. The molecule has 0 fully saturated rings. The Morgan fingerprint density at radius 3 is 2.70 bits per heavy atom. The van der Waals surface area contributed by atoms with Crippen molar-refractivity contribution in [2.45, 2.75) is 6.54 Å². The number of nitro groups is 1. The zero-order valence-corrected chi connectivity index (χ0v) is 21.3. The molecule has 0 bridgehead atoms. The van der Waals surface area contributed by atoms with Crippen molar-refractivity contribution in [1.82, 2.24) is 4.57 Å². The monoisotopic (exact) mass is 576 g/mol. The Bertz CT molecular complexity index is 1790. The Morgan fingerprint density at radius 1 is 1.11 bits per heavy atom. The van der Waals surface area contributed by atoms with Crippen LogP contribution in [0.4, 0.5) is 5.69 Å². The van der Waals surface area contributed by atoms with Gasteiger partial charge in [0.05, 0.1) is 28.9 Å². The molecule has 0 saturated carbocycles. The van der Waals surface area contributed by atoms with Crippen molar-refractivity contribution in [2.75, 3.05) is 0 Å². The molecule has 2 aromatic heterocycles. The van der Waals surface area contributed by atoms with Gasteiger partial charge in [-0.2, -0.15) is 5.10 Å². The number of aromatic nitrogens is 1. The van der Waals surface area contributed by atoms with Crippen LogP contribution < -0.4 is 10.4 Å². The molecule has 0 atom stereocenters. The van der Waals surface area contributed by atoms with E-state index in [0.717, 1.165) is 15.4 Å². The third-order valence-corrected chi connectivity index (χ3v) is 6.86. The van der Waals surface area contributed by atoms with E-state index in [4.69, 9.17) is 4.42 Å². The predicted octanol–water partition coefficient (Wildman–Crippen LogP) is 5.68. The molecule has 0 aliphatic rings. The number of halogens is 1. The number of hydrogen-bond acceptors (Lipinski definition) is 8. The Balaban J connectivity index is 1.62. The third-order valence-electron chi connectivity index (χ3n) is 5.51. The second-order valence-corrected chi connectivity index (χ2v) is 9.70. The molecule has 37 heavy (non-hydrogen) atoms. The summed E-state index contributed by atoms with van der Waals surface area (Å²) in [5.41, 5.74) is 1.95. The average Bonchev–Trinajstić information content (AvgIpc) is 3.27. The van der Waals surface area contributed by atoms with Crippen molar-refractivity contribution < 1.29 is 14.4 Å². The highest BCUT2D eigenvalue weighted by Crippen LogP contribution is 2.25. The van der Waals surface area contributed by atoms with Gasteiger partial charge in [0.25, 0.3) is 5.69 Å². The fraction of sp³-hybridized carbons (Fsp3) is 0.0385. The van der Waals surface area contributed by atoms with Crippen LogP contribution in [0, 0.1) is 10.1 Å². The van der Waals surface area contributed by atoms with E-state index in [2.05, 4.69) is 26.1 Å². The normalized spacial score (nSPS) is 12.0. The van der Waals surface area contributed by atoms with Gasteiger partial charge in [-0.05, 0) is 35.9 Å². The summed E-state index contributed by atoms with van der Waals surface area (Å²) in [5, 5.41) is 32.0. The molecule has 0 saturated heterocycles. The van der Waals surface area contributed by atoms with Crippen LogP contribution in [0.1, 0.15) is 11.1 Å². The maximum absolute atomic E-state index is 12.9. The fourth-order valence-corrected chi connectivity index (χ4v) is 4.95. The first-order valence-electron chi connectivity index (χ1n) is 10.9. The van der Waals surface area contributed by atoms with Crippen LogP contribution in [0.15, 0.2) is 102 Å². The smallest absolute Gasteiger partial charge is 0.345 e. The zero-order chi connectivity index (χ0) is 25.9. The molecule has 0 amide bonds. The quantitative estimate of drug-likeness (QED) is 0.120. The van der Waals surface area contributed by atoms with Gasteiger partial charge in [0, 0.05) is 32.9 Å². The van der Waals surface area contributed by atoms with Crippen molar-refractivity contribution in [3.8, 4) is 17.0 Å². The van der Waals surface area contributed by atoms with Gasteiger partial charge in [-0.25, -0.2) is 4.79 Å². The second-order valence-electron chi connectivity index (χ2n) is 7.95. The van der Waals surface area contributed by atoms with Gasteiger partial charge in [0.2, 0.25) is 4.80 Å². The number of nitrogens with zero attached hydrogens (tertiary/aromatic N) is 4. The number of hydrogen-bond donors (Lipinski definition) is 1. The first kappa shape index (κ1) is 24.3. The molecule has 5 rings (SSSR count). The molecule has 9 nitrogen and oxygen atoms in total. The number of rotatable bonds is 6. The van der Waals surface area contributed by atoms with E-state index in [1.54, 1.807) is 23.6 Å². The SMILES string of the molecule is O=c1oc2ccc(Br)cc2cc1-c1cs/c(=N\N=C\c2cc([N+](=O)[O-])ccc2O)n1Cc1ccccc1. The van der Waals surface area contributed by atoms with Crippen LogP contribution in [0.5, 0.6) is 5.75 Å². The lowest BCUT2D eigenvalue weighted by atomic mass is 10.1. The van der Waals surface area contributed by atoms with Crippen LogP contribution in [0.3, 0.4) is 0 Å². The minimum absolute atomic E-state index is 0.157. The Kier molecular flexibility index (Phi) is 6.80. The molecule has 0 radical (unpaired) electrons. The van der Waals surface area contributed by atoms with Crippen LogP contribution in [0.2, 0.25) is 0 Å². The first-order valence-corrected chi connectivity index (χ1v) is 12.6. The number of phenolic OH excluding ortho intramolecular Hbond substituents is 1. The molecule has 1 N–H and O–H groups in total. The van der Waals surface area contributed by atoms with E-state index < -0.39 is 10.5 Å². The largest absolute Gasteiger partial charge is 0.507 e. The topological polar surface area (TPSA) is 123 Å². The molecule has 0 spiro atoms. The zero-order valence-electron chi connectivity index (χ0n) is 18.9. The summed E-state index contributed by atoms with van der Waals surface area (Å²) in [4.78, 5) is 23.9. The summed E-state index contributed by atoms with van der Waals surface area (Å²) in [5.74, 6) is -0.159. The number of nitro benzene ring substituents is 1. The molecule has 0 aliphatic heterocycles. The molecular weight excluding hydrogens is 560 g/mol. The lowest BCUT2D eigenvalue weighted by Gasteiger charge is -2.09. The van der Waals surface area contributed by atoms with E-state index in [0.29, 0.717) is 28.2 Å². The summed E-state index contributed by atoms with van der Waals surface area (Å²) < 4.78 is 8.28. The van der Waals surface area contributed by atoms with Crippen molar-refractivity contribution in [3.05, 3.63) is 119 Å². The minimum Gasteiger partial charge on any atom is -0.507 e. The number of non-ortho nitro benzene ring substituents is 1. The summed E-state index contributed by atoms with van der Waals surface area (Å²) in [6.45, 7) is 0.409. The summed E-state index contributed by atoms with van der Waals surface area (Å²) in [7, 11) is 0. The maximum Gasteiger partial charge on any atom is 0.345 e. The van der Waals surface area contributed by atoms with E-state index in [1.165, 1.54) is 35.8 Å². The molecule has 0 unspecified atom stereocenters. The second kappa shape index (κ2) is 10.3. The summed E-state index contributed by atoms with van der Waals surface area (Å²) in [6, 6.07) is 20.5. The Morgan fingerprint density at radius 2 is 1.92 bits per heavy atom. The fourth-order valence-electron chi connectivity index (χ4n) is 3.72. The number of thiazole rings is 1. The van der Waals surface area contributed by atoms with Gasteiger partial charge in [-0.15, -0.1) is 16.4 Å². The summed E-state index contributed by atoms with van der Waals surface area (Å²) in [6.07, 6.45) is 1.25. The highest BCUT2D eigenvalue weighted by molar-refractivity contribution is 9.10. The van der Waals surface area contributed by atoms with Crippen molar-refractivity contribution in [2.24, 2.45) is 10.2 Å². The maximum atomic E-state index is 12.9. The van der Waals surface area contributed by atoms with Gasteiger partial charge < -0.3 is 14.1 Å². The molecular formula is C26H17BrN4O5S. The third kappa shape index (κ3) is 5.27. The molecule has 184 valence electrons. The number of fused-ring (bicyclic) bond motifs is 1. The molecule has 0 aliphatic carbocycles. The van der Waals surface area contributed by atoms with Gasteiger partial charge in [-0.3, -0.25) is 10.1 Å². The molecule has 2 heterocycles. The van der Waals surface area contributed by atoms with E-state index in [-0.39, 0.29) is 17.0 Å². The molecule has 5 aromatic rings. The number of benzene rings is 3. The Labute approximate surface area is 221 Å². The van der Waals surface area contributed by atoms with Crippen molar-refractivity contribution in [1.29, 1.82) is 0 Å². The number of phenols is 1. The van der Waals surface area contributed by atoms with Crippen LogP contribution in [0.25, 0.3) is 22.2 Å². The van der Waals surface area contributed by atoms with E-state index in [1.807, 2.05) is 41.0 Å². The van der Waals surface area contributed by atoms with Crippen LogP contribution in [-0.4, -0.2) is 20.8 Å². The standard InChI is InChI=1S/C26H17BrN4O5S/c27-19-6-9-24-17(10-19)12-21(25(33)36-24)22-15-37-26(30(22)14-16-4-2-1-3-5-16)29-28-13-18-11-20(31(34)35)7-8-23(18)32/h1-13,15,32H,14H2/b28-13+,29-26-. The van der Waals surface area contributed by atoms with Crippen molar-refractivity contribution in [3.63, 3.8) is 0 Å². The molecule has 11 heteroatoms. The van der Waals surface area contributed by atoms with Crippen molar-refractivity contribution >= 4 is 50.1 Å². The highest BCUT2D eigenvalue weighted by atomic mass is 79.9. The van der Waals surface area contributed by atoms with E-state index >= 15 is 0 Å². The van der Waals surface area contributed by atoms with Gasteiger partial charge >= 0.3 is 5.63 Å². The van der Waals surface area contributed by atoms with Gasteiger partial charge in [0.15, 0.2) is 0 Å². The van der Waals surface area contributed by atoms with E-state index in [9.17, 15) is 20.0 Å². The highest BCUT2D eigenvalue weighted by Gasteiger charge is 2.15. The number of aromatic hydroxyl groups is 1. The molecule has 3 aromatic carbocycles. The van der Waals surface area contributed by atoms with Gasteiger partial charge in [-0.1, -0.05) is 46.3 Å². The lowest BCUT2D eigenvalue weighted by molar-refractivity contribution is -0.384. The first-order chi connectivity index (χ1) is 17.9. The minimum atomic E-state index is -0.555. The van der Waals surface area contributed by atoms with Gasteiger partial charge in [0.1, 0.15) is 11.3 Å². The average molecular weight is 577 g/mol. The predicted molar refractivity (Wildman–Crippen MR) is 145 cm³/mol. The lowest BCUT2D eigenvalue weighted by Crippen LogP contribution is -2.18. The Hall–Kier alpha value is -4.35. The van der Waals surface area contributed by atoms with Crippen LogP contribution in [-0.2, 0) is 6.54 Å². The van der Waals surface area contributed by atoms with Crippen LogP contribution >= 0.6 is 27.3 Å².